The largest absolute Gasteiger partial charge is 0.497 e. The highest BCUT2D eigenvalue weighted by Crippen LogP contribution is 2.31. The van der Waals surface area contributed by atoms with Crippen LogP contribution >= 0.6 is 15.9 Å². The minimum absolute atomic E-state index is 0.160. The fraction of sp³-hybridized carbons (Fsp3) is 0.263. The van der Waals surface area contributed by atoms with Crippen molar-refractivity contribution in [2.75, 3.05) is 23.9 Å². The highest BCUT2D eigenvalue weighted by Gasteiger charge is 2.38. The number of benzene rings is 2. The van der Waals surface area contributed by atoms with Crippen LogP contribution in [0.4, 0.5) is 11.4 Å². The maximum absolute atomic E-state index is 12.7. The fourth-order valence-corrected chi connectivity index (χ4v) is 3.29. The van der Waals surface area contributed by atoms with Gasteiger partial charge in [-0.25, -0.2) is 0 Å². The summed E-state index contributed by atoms with van der Waals surface area (Å²) in [5.41, 5.74) is 2.50. The molecule has 6 heteroatoms. The number of carbonyl (C=O) groups excluding carboxylic acids is 2. The maximum Gasteiger partial charge on any atom is 0.239 e. The number of nitrogens with zero attached hydrogens (tertiary/aromatic N) is 1. The summed E-state index contributed by atoms with van der Waals surface area (Å²) < 4.78 is 6.01. The predicted molar refractivity (Wildman–Crippen MR) is 101 cm³/mol. The summed E-state index contributed by atoms with van der Waals surface area (Å²) in [5, 5.41) is 2.81. The van der Waals surface area contributed by atoms with Crippen molar-refractivity contribution < 1.29 is 14.3 Å². The van der Waals surface area contributed by atoms with Crippen LogP contribution in [-0.2, 0) is 9.59 Å². The third kappa shape index (κ3) is 3.69. The highest BCUT2D eigenvalue weighted by molar-refractivity contribution is 9.10. The van der Waals surface area contributed by atoms with Crippen LogP contribution < -0.4 is 15.0 Å². The van der Waals surface area contributed by atoms with Crippen LogP contribution in [0.25, 0.3) is 0 Å². The van der Waals surface area contributed by atoms with E-state index in [-0.39, 0.29) is 11.8 Å². The van der Waals surface area contributed by atoms with Crippen LogP contribution in [0.5, 0.6) is 5.75 Å². The van der Waals surface area contributed by atoms with Crippen LogP contribution in [-0.4, -0.2) is 25.5 Å². The van der Waals surface area contributed by atoms with Gasteiger partial charge in [0, 0.05) is 22.4 Å². The predicted octanol–water partition coefficient (Wildman–Crippen LogP) is 3.76. The van der Waals surface area contributed by atoms with Gasteiger partial charge in [-0.3, -0.25) is 9.59 Å². The van der Waals surface area contributed by atoms with Gasteiger partial charge < -0.3 is 15.0 Å². The van der Waals surface area contributed by atoms with E-state index in [9.17, 15) is 9.59 Å². The SMILES string of the molecule is COc1ccc(NC(=O)C2CCN(c3cc(Br)ccc3C)C2=O)cc1. The molecule has 5 nitrogen and oxygen atoms in total. The van der Waals surface area contributed by atoms with Crippen molar-refractivity contribution in [2.45, 2.75) is 13.3 Å². The zero-order valence-corrected chi connectivity index (χ0v) is 15.7. The molecule has 0 saturated carbocycles. The van der Waals surface area contributed by atoms with Gasteiger partial charge >= 0.3 is 0 Å². The van der Waals surface area contributed by atoms with Crippen LogP contribution in [0.1, 0.15) is 12.0 Å². The molecule has 1 heterocycles. The third-order valence-corrected chi connectivity index (χ3v) is 4.83. The Morgan fingerprint density at radius 2 is 1.96 bits per heavy atom. The fourth-order valence-electron chi connectivity index (χ4n) is 2.94. The molecular weight excluding hydrogens is 384 g/mol. The average molecular weight is 403 g/mol. The van der Waals surface area contributed by atoms with Crippen molar-refractivity contribution in [2.24, 2.45) is 5.92 Å². The third-order valence-electron chi connectivity index (χ3n) is 4.34. The molecule has 1 aliphatic rings. The van der Waals surface area contributed by atoms with Crippen LogP contribution in [0.3, 0.4) is 0 Å². The van der Waals surface area contributed by atoms with E-state index < -0.39 is 5.92 Å². The Morgan fingerprint density at radius 3 is 2.64 bits per heavy atom. The second-order valence-electron chi connectivity index (χ2n) is 5.98. The van der Waals surface area contributed by atoms with E-state index in [0.717, 1.165) is 15.7 Å². The number of amides is 2. The van der Waals surface area contributed by atoms with E-state index in [1.165, 1.54) is 0 Å². The lowest BCUT2D eigenvalue weighted by Crippen LogP contribution is -2.33. The van der Waals surface area contributed by atoms with Gasteiger partial charge in [0.05, 0.1) is 7.11 Å². The average Bonchev–Trinajstić information content (AvgIpc) is 2.99. The number of rotatable bonds is 4. The highest BCUT2D eigenvalue weighted by atomic mass is 79.9. The van der Waals surface area contributed by atoms with Crippen LogP contribution in [0.2, 0.25) is 0 Å². The Morgan fingerprint density at radius 1 is 1.24 bits per heavy atom. The number of carbonyl (C=O) groups is 2. The molecule has 0 aromatic heterocycles. The first-order chi connectivity index (χ1) is 12.0. The van der Waals surface area contributed by atoms with Crippen molar-refractivity contribution in [3.05, 3.63) is 52.5 Å². The van der Waals surface area contributed by atoms with Crippen LogP contribution in [0.15, 0.2) is 46.9 Å². The molecule has 1 aliphatic heterocycles. The van der Waals surface area contributed by atoms with Gasteiger partial charge in [-0.15, -0.1) is 0 Å². The van der Waals surface area contributed by atoms with Crippen molar-refractivity contribution >= 4 is 39.1 Å². The summed E-state index contributed by atoms with van der Waals surface area (Å²) in [4.78, 5) is 26.9. The summed E-state index contributed by atoms with van der Waals surface area (Å²) >= 11 is 3.44. The molecule has 1 N–H and O–H groups in total. The number of hydrogen-bond donors (Lipinski definition) is 1. The molecule has 0 spiro atoms. The number of hydrogen-bond acceptors (Lipinski definition) is 3. The van der Waals surface area contributed by atoms with E-state index in [4.69, 9.17) is 4.74 Å². The number of halogens is 1. The Kier molecular flexibility index (Phi) is 5.08. The molecular formula is C19H19BrN2O3. The first-order valence-corrected chi connectivity index (χ1v) is 8.81. The summed E-state index contributed by atoms with van der Waals surface area (Å²) in [7, 11) is 1.59. The molecule has 1 saturated heterocycles. The standard InChI is InChI=1S/C19H19BrN2O3/c1-12-3-4-13(20)11-17(12)22-10-9-16(19(22)24)18(23)21-14-5-7-15(25-2)8-6-14/h3-8,11,16H,9-10H2,1-2H3,(H,21,23). The topological polar surface area (TPSA) is 58.6 Å². The molecule has 0 radical (unpaired) electrons. The summed E-state index contributed by atoms with van der Waals surface area (Å²) in [6.45, 7) is 2.50. The number of methoxy groups -OCH3 is 1. The molecule has 3 rings (SSSR count). The minimum atomic E-state index is -0.666. The molecule has 2 amide bonds. The lowest BCUT2D eigenvalue weighted by atomic mass is 10.1. The minimum Gasteiger partial charge on any atom is -0.497 e. The Labute approximate surface area is 155 Å². The van der Waals surface area contributed by atoms with Gasteiger partial charge in [0.2, 0.25) is 11.8 Å². The van der Waals surface area contributed by atoms with Gasteiger partial charge in [0.15, 0.2) is 0 Å². The van der Waals surface area contributed by atoms with Crippen LogP contribution in [0, 0.1) is 12.8 Å². The number of aryl methyl sites for hydroxylation is 1. The molecule has 0 bridgehead atoms. The Hall–Kier alpha value is -2.34. The van der Waals surface area contributed by atoms with E-state index in [0.29, 0.717) is 24.4 Å². The van der Waals surface area contributed by atoms with E-state index >= 15 is 0 Å². The Balaban J connectivity index is 1.72. The van der Waals surface area contributed by atoms with Gasteiger partial charge in [0.25, 0.3) is 0 Å². The second-order valence-corrected chi connectivity index (χ2v) is 6.90. The van der Waals surface area contributed by atoms with Crippen molar-refractivity contribution in [3.8, 4) is 5.75 Å². The maximum atomic E-state index is 12.7. The monoisotopic (exact) mass is 402 g/mol. The van der Waals surface area contributed by atoms with Crippen molar-refractivity contribution in [3.63, 3.8) is 0 Å². The lowest BCUT2D eigenvalue weighted by Gasteiger charge is -2.19. The van der Waals surface area contributed by atoms with Gasteiger partial charge in [-0.05, 0) is 55.3 Å². The zero-order valence-electron chi connectivity index (χ0n) is 14.1. The van der Waals surface area contributed by atoms with Gasteiger partial charge in [-0.1, -0.05) is 22.0 Å². The molecule has 1 atom stereocenters. The number of ether oxygens (including phenoxy) is 1. The van der Waals surface area contributed by atoms with E-state index in [1.54, 1.807) is 36.3 Å². The molecule has 1 fully saturated rings. The Bertz CT molecular complexity index is 805. The normalized spacial score (nSPS) is 16.8. The smallest absolute Gasteiger partial charge is 0.239 e. The van der Waals surface area contributed by atoms with Crippen molar-refractivity contribution in [1.82, 2.24) is 0 Å². The second kappa shape index (κ2) is 7.27. The van der Waals surface area contributed by atoms with Crippen molar-refractivity contribution in [1.29, 1.82) is 0 Å². The summed E-state index contributed by atoms with van der Waals surface area (Å²) in [6, 6.07) is 12.9. The first-order valence-electron chi connectivity index (χ1n) is 8.02. The summed E-state index contributed by atoms with van der Waals surface area (Å²) in [6.07, 6.45) is 0.507. The number of anilines is 2. The number of nitrogens with one attached hydrogen (secondary N) is 1. The first kappa shape index (κ1) is 17.5. The van der Waals surface area contributed by atoms with E-state index in [1.807, 2.05) is 25.1 Å². The molecule has 2 aromatic carbocycles. The molecule has 2 aromatic rings. The quantitative estimate of drug-likeness (QED) is 0.791. The van der Waals surface area contributed by atoms with Gasteiger partial charge in [0.1, 0.15) is 11.7 Å². The van der Waals surface area contributed by atoms with Gasteiger partial charge in [-0.2, -0.15) is 0 Å². The zero-order chi connectivity index (χ0) is 18.0. The molecule has 1 unspecified atom stereocenters. The molecule has 130 valence electrons. The lowest BCUT2D eigenvalue weighted by molar-refractivity contribution is -0.129. The molecule has 0 aliphatic carbocycles. The molecule has 25 heavy (non-hydrogen) atoms. The summed E-state index contributed by atoms with van der Waals surface area (Å²) in [5.74, 6) is -0.385. The van der Waals surface area contributed by atoms with E-state index in [2.05, 4.69) is 21.2 Å².